The Labute approximate surface area is 123 Å². The quantitative estimate of drug-likeness (QED) is 0.518. The molecule has 3 N–H and O–H groups in total. The van der Waals surface area contributed by atoms with Gasteiger partial charge in [0.2, 0.25) is 5.91 Å². The monoisotopic (exact) mass is 285 g/mol. The summed E-state index contributed by atoms with van der Waals surface area (Å²) in [6, 6.07) is 0. The van der Waals surface area contributed by atoms with E-state index in [-0.39, 0.29) is 11.4 Å². The molecular weight excluding hydrogens is 254 g/mol. The van der Waals surface area contributed by atoms with Gasteiger partial charge in [0.25, 0.3) is 0 Å². The summed E-state index contributed by atoms with van der Waals surface area (Å²) in [5.74, 6) is 0.0840. The Morgan fingerprint density at radius 1 is 1.30 bits per heavy atom. The molecule has 5 heteroatoms. The Morgan fingerprint density at radius 2 is 1.95 bits per heavy atom. The van der Waals surface area contributed by atoms with E-state index in [0.29, 0.717) is 26.2 Å². The number of hydrogen-bond donors (Lipinski definition) is 2. The third kappa shape index (κ3) is 5.38. The maximum atomic E-state index is 12.0. The molecule has 1 saturated carbocycles. The number of nitrogens with one attached hydrogen (secondary N) is 1. The van der Waals surface area contributed by atoms with Crippen molar-refractivity contribution in [3.63, 3.8) is 0 Å². The number of rotatable bonds is 8. The number of hydrogen-bond acceptors (Lipinski definition) is 4. The van der Waals surface area contributed by atoms with Gasteiger partial charge in [-0.15, -0.1) is 0 Å². The third-order valence-electron chi connectivity index (χ3n) is 4.45. The van der Waals surface area contributed by atoms with Crippen molar-refractivity contribution in [1.82, 2.24) is 10.2 Å². The number of likely N-dealkylation sites (N-methyl/N-ethyl adjacent to an activating group) is 1. The summed E-state index contributed by atoms with van der Waals surface area (Å²) in [6.07, 6.45) is 8.09. The summed E-state index contributed by atoms with van der Waals surface area (Å²) in [5.41, 5.74) is 6.05. The Morgan fingerprint density at radius 3 is 2.50 bits per heavy atom. The van der Waals surface area contributed by atoms with Crippen molar-refractivity contribution in [2.45, 2.75) is 50.5 Å². The average Bonchev–Trinajstić information content (AvgIpc) is 2.70. The number of ether oxygens (including phenoxy) is 1. The van der Waals surface area contributed by atoms with Gasteiger partial charge in [0.05, 0.1) is 6.54 Å². The van der Waals surface area contributed by atoms with Crippen LogP contribution < -0.4 is 11.1 Å². The number of carbonyl (C=O) groups is 1. The first-order valence-corrected chi connectivity index (χ1v) is 7.81. The minimum absolute atomic E-state index is 0.0143. The fourth-order valence-corrected chi connectivity index (χ4v) is 3.01. The first-order chi connectivity index (χ1) is 9.64. The first-order valence-electron chi connectivity index (χ1n) is 7.81. The number of carbonyl (C=O) groups excluding carboxylic acids is 1. The first kappa shape index (κ1) is 17.4. The van der Waals surface area contributed by atoms with E-state index in [1.165, 1.54) is 25.7 Å². The van der Waals surface area contributed by atoms with Crippen LogP contribution in [0.3, 0.4) is 0 Å². The van der Waals surface area contributed by atoms with Crippen molar-refractivity contribution in [3.8, 4) is 0 Å². The zero-order chi connectivity index (χ0) is 14.8. The minimum atomic E-state index is 0.0143. The van der Waals surface area contributed by atoms with E-state index in [0.717, 1.165) is 19.3 Å². The standard InChI is InChI=1S/C15H31N3O2/c1-18(12-14(19)17-10-7-11-20-2)15(13-16)8-5-3-4-6-9-15/h3-13,16H2,1-2H3,(H,17,19). The second-order valence-corrected chi connectivity index (χ2v) is 5.90. The highest BCUT2D eigenvalue weighted by Gasteiger charge is 2.34. The molecule has 1 amide bonds. The summed E-state index contributed by atoms with van der Waals surface area (Å²) < 4.78 is 4.97. The van der Waals surface area contributed by atoms with Crippen molar-refractivity contribution < 1.29 is 9.53 Å². The molecule has 1 fully saturated rings. The number of amides is 1. The number of nitrogens with two attached hydrogens (primary N) is 1. The lowest BCUT2D eigenvalue weighted by Crippen LogP contribution is -2.54. The van der Waals surface area contributed by atoms with Crippen molar-refractivity contribution in [1.29, 1.82) is 0 Å². The van der Waals surface area contributed by atoms with Crippen molar-refractivity contribution >= 4 is 5.91 Å². The molecule has 0 radical (unpaired) electrons. The van der Waals surface area contributed by atoms with Crippen LogP contribution in [0.15, 0.2) is 0 Å². The highest BCUT2D eigenvalue weighted by Crippen LogP contribution is 2.30. The van der Waals surface area contributed by atoms with Crippen LogP contribution in [0.25, 0.3) is 0 Å². The van der Waals surface area contributed by atoms with E-state index in [4.69, 9.17) is 10.5 Å². The molecule has 0 saturated heterocycles. The molecule has 0 spiro atoms. The van der Waals surface area contributed by atoms with Gasteiger partial charge < -0.3 is 15.8 Å². The van der Waals surface area contributed by atoms with Gasteiger partial charge >= 0.3 is 0 Å². The molecule has 0 aromatic carbocycles. The summed E-state index contributed by atoms with van der Waals surface area (Å²) in [4.78, 5) is 14.1. The van der Waals surface area contributed by atoms with Crippen LogP contribution in [0, 0.1) is 0 Å². The fraction of sp³-hybridized carbons (Fsp3) is 0.933. The second-order valence-electron chi connectivity index (χ2n) is 5.90. The van der Waals surface area contributed by atoms with Crippen molar-refractivity contribution in [2.24, 2.45) is 5.73 Å². The highest BCUT2D eigenvalue weighted by molar-refractivity contribution is 5.78. The topological polar surface area (TPSA) is 67.6 Å². The van der Waals surface area contributed by atoms with Gasteiger partial charge in [-0.3, -0.25) is 9.69 Å². The SMILES string of the molecule is COCCCNC(=O)CN(C)C1(CN)CCCCCC1. The van der Waals surface area contributed by atoms with E-state index in [1.807, 2.05) is 7.05 Å². The molecule has 0 aromatic rings. The largest absolute Gasteiger partial charge is 0.385 e. The van der Waals surface area contributed by atoms with E-state index in [2.05, 4.69) is 10.2 Å². The van der Waals surface area contributed by atoms with E-state index in [9.17, 15) is 4.79 Å². The molecule has 118 valence electrons. The van der Waals surface area contributed by atoms with Crippen molar-refractivity contribution in [2.75, 3.05) is 40.4 Å². The number of nitrogens with zero attached hydrogens (tertiary/aromatic N) is 1. The molecule has 0 heterocycles. The Bertz CT molecular complexity index is 276. The third-order valence-corrected chi connectivity index (χ3v) is 4.45. The minimum Gasteiger partial charge on any atom is -0.385 e. The normalized spacial score (nSPS) is 18.8. The molecule has 0 atom stereocenters. The van der Waals surface area contributed by atoms with Crippen LogP contribution in [-0.2, 0) is 9.53 Å². The smallest absolute Gasteiger partial charge is 0.234 e. The molecule has 20 heavy (non-hydrogen) atoms. The van der Waals surface area contributed by atoms with Crippen LogP contribution in [0.1, 0.15) is 44.9 Å². The van der Waals surface area contributed by atoms with E-state index < -0.39 is 0 Å². The summed E-state index contributed by atoms with van der Waals surface area (Å²) in [5, 5.41) is 2.94. The number of methoxy groups -OCH3 is 1. The van der Waals surface area contributed by atoms with Crippen LogP contribution in [0.4, 0.5) is 0 Å². The molecular formula is C15H31N3O2. The summed E-state index contributed by atoms with van der Waals surface area (Å²) in [6.45, 7) is 2.43. The predicted octanol–water partition coefficient (Wildman–Crippen LogP) is 1.12. The predicted molar refractivity (Wildman–Crippen MR) is 81.6 cm³/mol. The fourth-order valence-electron chi connectivity index (χ4n) is 3.01. The lowest BCUT2D eigenvalue weighted by atomic mass is 9.88. The van der Waals surface area contributed by atoms with Gasteiger partial charge in [0.15, 0.2) is 0 Å². The highest BCUT2D eigenvalue weighted by atomic mass is 16.5. The molecule has 0 aromatic heterocycles. The second kappa shape index (κ2) is 9.32. The van der Waals surface area contributed by atoms with Crippen molar-refractivity contribution in [3.05, 3.63) is 0 Å². The van der Waals surface area contributed by atoms with Crippen LogP contribution in [-0.4, -0.2) is 56.7 Å². The molecule has 1 aliphatic carbocycles. The van der Waals surface area contributed by atoms with Gasteiger partial charge in [0.1, 0.15) is 0 Å². The molecule has 1 aliphatic rings. The Balaban J connectivity index is 2.41. The van der Waals surface area contributed by atoms with Gasteiger partial charge in [-0.05, 0) is 26.3 Å². The average molecular weight is 285 g/mol. The molecule has 0 bridgehead atoms. The molecule has 5 nitrogen and oxygen atoms in total. The van der Waals surface area contributed by atoms with Gasteiger partial charge in [-0.1, -0.05) is 25.7 Å². The zero-order valence-corrected chi connectivity index (χ0v) is 13.1. The van der Waals surface area contributed by atoms with Crippen LogP contribution >= 0.6 is 0 Å². The molecule has 1 rings (SSSR count). The van der Waals surface area contributed by atoms with Gasteiger partial charge in [-0.2, -0.15) is 0 Å². The Kier molecular flexibility index (Phi) is 8.11. The maximum Gasteiger partial charge on any atom is 0.234 e. The summed E-state index contributed by atoms with van der Waals surface area (Å²) >= 11 is 0. The van der Waals surface area contributed by atoms with E-state index >= 15 is 0 Å². The van der Waals surface area contributed by atoms with Crippen LogP contribution in [0.2, 0.25) is 0 Å². The summed E-state index contributed by atoms with van der Waals surface area (Å²) in [7, 11) is 3.71. The Hall–Kier alpha value is -0.650. The van der Waals surface area contributed by atoms with Gasteiger partial charge in [-0.25, -0.2) is 0 Å². The van der Waals surface area contributed by atoms with Crippen LogP contribution in [0.5, 0.6) is 0 Å². The lowest BCUT2D eigenvalue weighted by molar-refractivity contribution is -0.123. The zero-order valence-electron chi connectivity index (χ0n) is 13.1. The maximum absolute atomic E-state index is 12.0. The lowest BCUT2D eigenvalue weighted by Gasteiger charge is -2.40. The van der Waals surface area contributed by atoms with E-state index in [1.54, 1.807) is 7.11 Å². The molecule has 0 unspecified atom stereocenters. The van der Waals surface area contributed by atoms with Gasteiger partial charge in [0, 0.05) is 32.3 Å². The molecule has 0 aliphatic heterocycles.